The molecule has 0 aliphatic heterocycles. The monoisotopic (exact) mass is 306 g/mol. The van der Waals surface area contributed by atoms with Gasteiger partial charge in [0.15, 0.2) is 0 Å². The predicted octanol–water partition coefficient (Wildman–Crippen LogP) is 4.22. The Kier molecular flexibility index (Phi) is 5.95. The van der Waals surface area contributed by atoms with Crippen molar-refractivity contribution in [3.63, 3.8) is 0 Å². The zero-order valence-electron chi connectivity index (χ0n) is 11.4. The predicted molar refractivity (Wildman–Crippen MR) is 87.9 cm³/mol. The molecule has 5 heteroatoms. The van der Waals surface area contributed by atoms with Gasteiger partial charge in [0.1, 0.15) is 0 Å². The van der Waals surface area contributed by atoms with Crippen LogP contribution in [0.3, 0.4) is 0 Å². The average Bonchev–Trinajstić information content (AvgIpc) is 2.94. The van der Waals surface area contributed by atoms with Crippen LogP contribution in [0.5, 0.6) is 0 Å². The summed E-state index contributed by atoms with van der Waals surface area (Å²) in [6.45, 7) is 2.75. The molecule has 0 saturated carbocycles. The fraction of sp³-hybridized carbons (Fsp3) is 0.267. The number of hydrogen-bond donors (Lipinski definition) is 2. The van der Waals surface area contributed by atoms with E-state index in [0.717, 1.165) is 22.8 Å². The van der Waals surface area contributed by atoms with Crippen LogP contribution in [-0.4, -0.2) is 18.3 Å². The van der Waals surface area contributed by atoms with Crippen molar-refractivity contribution in [3.8, 4) is 0 Å². The summed E-state index contributed by atoms with van der Waals surface area (Å²) in [5.41, 5.74) is 0.868. The molecule has 106 valence electrons. The lowest BCUT2D eigenvalue weighted by Gasteiger charge is -2.10. The van der Waals surface area contributed by atoms with Gasteiger partial charge in [-0.2, -0.15) is 0 Å². The maximum atomic E-state index is 11.9. The molecule has 1 aromatic carbocycles. The van der Waals surface area contributed by atoms with Crippen LogP contribution in [0.25, 0.3) is 0 Å². The molecule has 0 unspecified atom stereocenters. The number of rotatable bonds is 6. The van der Waals surface area contributed by atoms with Crippen molar-refractivity contribution in [3.05, 3.63) is 46.7 Å². The molecular weight excluding hydrogens is 288 g/mol. The molecule has 2 rings (SSSR count). The van der Waals surface area contributed by atoms with Gasteiger partial charge in [-0.1, -0.05) is 25.1 Å². The van der Waals surface area contributed by atoms with Gasteiger partial charge in [0.05, 0.1) is 5.69 Å². The van der Waals surface area contributed by atoms with Crippen LogP contribution in [0, 0.1) is 0 Å². The second-order valence-electron chi connectivity index (χ2n) is 4.14. The zero-order valence-corrected chi connectivity index (χ0v) is 13.0. The Morgan fingerprint density at radius 2 is 2.10 bits per heavy atom. The van der Waals surface area contributed by atoms with Crippen molar-refractivity contribution in [2.75, 3.05) is 17.6 Å². The first-order chi connectivity index (χ1) is 9.79. The molecule has 3 nitrogen and oxygen atoms in total. The Bertz CT molecular complexity index is 541. The summed E-state index contributed by atoms with van der Waals surface area (Å²) in [4.78, 5) is 14.3. The highest BCUT2D eigenvalue weighted by Gasteiger charge is 2.05. The van der Waals surface area contributed by atoms with E-state index in [-0.39, 0.29) is 6.03 Å². The number of hydrogen-bond acceptors (Lipinski definition) is 3. The Morgan fingerprint density at radius 1 is 1.25 bits per heavy atom. The van der Waals surface area contributed by atoms with Crippen molar-refractivity contribution in [2.45, 2.75) is 18.2 Å². The molecule has 0 spiro atoms. The summed E-state index contributed by atoms with van der Waals surface area (Å²) >= 11 is 3.44. The lowest BCUT2D eigenvalue weighted by molar-refractivity contribution is 0.252. The number of carbonyl (C=O) groups is 1. The minimum Gasteiger partial charge on any atom is -0.338 e. The van der Waals surface area contributed by atoms with E-state index in [1.807, 2.05) is 35.7 Å². The molecule has 2 N–H and O–H groups in total. The largest absolute Gasteiger partial charge is 0.338 e. The average molecular weight is 306 g/mol. The van der Waals surface area contributed by atoms with E-state index in [9.17, 15) is 4.79 Å². The van der Waals surface area contributed by atoms with Crippen molar-refractivity contribution < 1.29 is 4.79 Å². The van der Waals surface area contributed by atoms with Gasteiger partial charge in [0.25, 0.3) is 0 Å². The van der Waals surface area contributed by atoms with Crippen molar-refractivity contribution >= 4 is 34.8 Å². The standard InChI is InChI=1S/C15H18N2OS2/c1-2-19-14-8-4-3-7-13(14)17-15(18)16-10-9-12-6-5-11-20-12/h3-8,11H,2,9-10H2,1H3,(H2,16,17,18). The molecule has 0 fully saturated rings. The minimum absolute atomic E-state index is 0.147. The fourth-order valence-corrected chi connectivity index (χ4v) is 3.24. The molecule has 0 saturated heterocycles. The Balaban J connectivity index is 1.82. The van der Waals surface area contributed by atoms with E-state index in [1.54, 1.807) is 23.1 Å². The number of para-hydroxylation sites is 1. The van der Waals surface area contributed by atoms with Gasteiger partial charge < -0.3 is 10.6 Å². The van der Waals surface area contributed by atoms with E-state index >= 15 is 0 Å². The van der Waals surface area contributed by atoms with E-state index in [2.05, 4.69) is 23.6 Å². The number of thioether (sulfide) groups is 1. The van der Waals surface area contributed by atoms with Gasteiger partial charge in [-0.25, -0.2) is 4.79 Å². The highest BCUT2D eigenvalue weighted by Crippen LogP contribution is 2.26. The highest BCUT2D eigenvalue weighted by molar-refractivity contribution is 7.99. The second-order valence-corrected chi connectivity index (χ2v) is 6.48. The number of carbonyl (C=O) groups excluding carboxylic acids is 1. The van der Waals surface area contributed by atoms with Crippen LogP contribution in [-0.2, 0) is 6.42 Å². The Morgan fingerprint density at radius 3 is 2.85 bits per heavy atom. The molecule has 2 aromatic rings. The first-order valence-corrected chi connectivity index (χ1v) is 8.45. The van der Waals surface area contributed by atoms with Gasteiger partial charge in [-0.05, 0) is 35.8 Å². The quantitative estimate of drug-likeness (QED) is 0.784. The highest BCUT2D eigenvalue weighted by atomic mass is 32.2. The lowest BCUT2D eigenvalue weighted by atomic mass is 10.3. The third-order valence-corrected chi connectivity index (χ3v) is 4.56. The number of thiophene rings is 1. The first-order valence-electron chi connectivity index (χ1n) is 6.58. The number of urea groups is 1. The smallest absolute Gasteiger partial charge is 0.319 e. The van der Waals surface area contributed by atoms with Crippen LogP contribution < -0.4 is 10.6 Å². The molecule has 0 atom stereocenters. The third kappa shape index (κ3) is 4.58. The van der Waals surface area contributed by atoms with E-state index in [1.165, 1.54) is 4.88 Å². The van der Waals surface area contributed by atoms with E-state index < -0.39 is 0 Å². The summed E-state index contributed by atoms with van der Waals surface area (Å²) in [7, 11) is 0. The third-order valence-electron chi connectivity index (χ3n) is 2.67. The summed E-state index contributed by atoms with van der Waals surface area (Å²) in [6.07, 6.45) is 0.871. The molecule has 0 aliphatic rings. The summed E-state index contributed by atoms with van der Waals surface area (Å²) in [6, 6.07) is 11.8. The molecule has 2 amide bonds. The van der Waals surface area contributed by atoms with Gasteiger partial charge in [-0.3, -0.25) is 0 Å². The fourth-order valence-electron chi connectivity index (χ4n) is 1.77. The molecular formula is C15H18N2OS2. The molecule has 1 heterocycles. The number of amides is 2. The number of nitrogens with one attached hydrogen (secondary N) is 2. The van der Waals surface area contributed by atoms with Crippen molar-refractivity contribution in [2.24, 2.45) is 0 Å². The lowest BCUT2D eigenvalue weighted by Crippen LogP contribution is -2.30. The topological polar surface area (TPSA) is 41.1 Å². The molecule has 0 aliphatic carbocycles. The second kappa shape index (κ2) is 7.97. The number of anilines is 1. The van der Waals surface area contributed by atoms with Crippen LogP contribution in [0.4, 0.5) is 10.5 Å². The summed E-state index contributed by atoms with van der Waals surface area (Å²) in [5.74, 6) is 0.985. The molecule has 0 bridgehead atoms. The van der Waals surface area contributed by atoms with Gasteiger partial charge in [0.2, 0.25) is 0 Å². The molecule has 1 aromatic heterocycles. The first kappa shape index (κ1) is 14.9. The normalized spacial score (nSPS) is 10.2. The Hall–Kier alpha value is -1.46. The summed E-state index contributed by atoms with van der Waals surface area (Å²) in [5, 5.41) is 7.84. The van der Waals surface area contributed by atoms with E-state index in [0.29, 0.717) is 6.54 Å². The van der Waals surface area contributed by atoms with Gasteiger partial charge >= 0.3 is 6.03 Å². The number of benzene rings is 1. The van der Waals surface area contributed by atoms with Gasteiger partial charge in [-0.15, -0.1) is 23.1 Å². The molecule has 20 heavy (non-hydrogen) atoms. The SMILES string of the molecule is CCSc1ccccc1NC(=O)NCCc1cccs1. The van der Waals surface area contributed by atoms with E-state index in [4.69, 9.17) is 0 Å². The zero-order chi connectivity index (χ0) is 14.2. The van der Waals surface area contributed by atoms with Crippen molar-refractivity contribution in [1.82, 2.24) is 5.32 Å². The van der Waals surface area contributed by atoms with Crippen LogP contribution >= 0.6 is 23.1 Å². The van der Waals surface area contributed by atoms with Gasteiger partial charge in [0, 0.05) is 16.3 Å². The van der Waals surface area contributed by atoms with Crippen LogP contribution in [0.2, 0.25) is 0 Å². The Labute approximate surface area is 127 Å². The maximum absolute atomic E-state index is 11.9. The summed E-state index contributed by atoms with van der Waals surface area (Å²) < 4.78 is 0. The molecule has 0 radical (unpaired) electrons. The van der Waals surface area contributed by atoms with Crippen LogP contribution in [0.15, 0.2) is 46.7 Å². The maximum Gasteiger partial charge on any atom is 0.319 e. The van der Waals surface area contributed by atoms with Crippen LogP contribution in [0.1, 0.15) is 11.8 Å². The minimum atomic E-state index is -0.147. The van der Waals surface area contributed by atoms with Crippen molar-refractivity contribution in [1.29, 1.82) is 0 Å².